The highest BCUT2D eigenvalue weighted by Gasteiger charge is 2.19. The standard InChI is InChI=1S/C11H20O2/c1-9(2)7-8-13-11-5-3-10(12)4-6-11/h10-12H,1,3-8H2,2H3. The SMILES string of the molecule is C=C(C)CCOC1CCC(O)CC1. The van der Waals surface area contributed by atoms with Crippen molar-refractivity contribution < 1.29 is 9.84 Å². The Kier molecular flexibility index (Phi) is 4.46. The molecule has 0 aromatic rings. The molecule has 0 atom stereocenters. The summed E-state index contributed by atoms with van der Waals surface area (Å²) in [5, 5.41) is 9.27. The zero-order valence-electron chi connectivity index (χ0n) is 8.46. The van der Waals surface area contributed by atoms with Gasteiger partial charge in [0.05, 0.1) is 18.8 Å². The smallest absolute Gasteiger partial charge is 0.0577 e. The fourth-order valence-electron chi connectivity index (χ4n) is 1.61. The molecule has 0 spiro atoms. The highest BCUT2D eigenvalue weighted by Crippen LogP contribution is 2.21. The van der Waals surface area contributed by atoms with E-state index in [1.165, 1.54) is 5.57 Å². The molecule has 1 rings (SSSR count). The lowest BCUT2D eigenvalue weighted by molar-refractivity contribution is -0.00175. The molecule has 1 N–H and O–H groups in total. The van der Waals surface area contributed by atoms with Crippen LogP contribution in [0.3, 0.4) is 0 Å². The van der Waals surface area contributed by atoms with E-state index in [9.17, 15) is 5.11 Å². The first-order chi connectivity index (χ1) is 6.18. The zero-order valence-corrected chi connectivity index (χ0v) is 8.46. The monoisotopic (exact) mass is 184 g/mol. The summed E-state index contributed by atoms with van der Waals surface area (Å²) in [5.41, 5.74) is 1.18. The molecule has 0 bridgehead atoms. The maximum absolute atomic E-state index is 9.27. The Morgan fingerprint density at radius 2 is 2.00 bits per heavy atom. The Hall–Kier alpha value is -0.340. The van der Waals surface area contributed by atoms with Crippen LogP contribution in [0, 0.1) is 0 Å². The van der Waals surface area contributed by atoms with E-state index < -0.39 is 0 Å². The van der Waals surface area contributed by atoms with Gasteiger partial charge < -0.3 is 9.84 Å². The predicted octanol–water partition coefficient (Wildman–Crippen LogP) is 2.27. The van der Waals surface area contributed by atoms with Crippen molar-refractivity contribution in [2.24, 2.45) is 0 Å². The number of ether oxygens (including phenoxy) is 1. The van der Waals surface area contributed by atoms with Gasteiger partial charge in [0.1, 0.15) is 0 Å². The van der Waals surface area contributed by atoms with E-state index in [4.69, 9.17) is 4.74 Å². The number of aliphatic hydroxyl groups is 1. The summed E-state index contributed by atoms with van der Waals surface area (Å²) in [4.78, 5) is 0. The Morgan fingerprint density at radius 1 is 1.38 bits per heavy atom. The van der Waals surface area contributed by atoms with Crippen LogP contribution >= 0.6 is 0 Å². The van der Waals surface area contributed by atoms with E-state index >= 15 is 0 Å². The van der Waals surface area contributed by atoms with Crippen LogP contribution in [0.4, 0.5) is 0 Å². The van der Waals surface area contributed by atoms with Crippen molar-refractivity contribution in [1.29, 1.82) is 0 Å². The van der Waals surface area contributed by atoms with Crippen LogP contribution < -0.4 is 0 Å². The molecule has 0 aliphatic heterocycles. The fraction of sp³-hybridized carbons (Fsp3) is 0.818. The zero-order chi connectivity index (χ0) is 9.68. The molecule has 0 heterocycles. The Balaban J connectivity index is 2.05. The second-order valence-electron chi connectivity index (χ2n) is 4.01. The average molecular weight is 184 g/mol. The molecule has 1 saturated carbocycles. The molecule has 1 aliphatic carbocycles. The van der Waals surface area contributed by atoms with Crippen molar-refractivity contribution in [3.05, 3.63) is 12.2 Å². The Bertz CT molecular complexity index is 157. The minimum atomic E-state index is -0.0824. The topological polar surface area (TPSA) is 29.5 Å². The summed E-state index contributed by atoms with van der Waals surface area (Å²) >= 11 is 0. The Labute approximate surface area is 80.6 Å². The van der Waals surface area contributed by atoms with E-state index in [2.05, 4.69) is 6.58 Å². The van der Waals surface area contributed by atoms with E-state index in [0.29, 0.717) is 6.10 Å². The quantitative estimate of drug-likeness (QED) is 0.679. The molecule has 0 aromatic carbocycles. The lowest BCUT2D eigenvalue weighted by Gasteiger charge is -2.25. The van der Waals surface area contributed by atoms with E-state index in [1.54, 1.807) is 0 Å². The maximum Gasteiger partial charge on any atom is 0.0577 e. The third-order valence-electron chi connectivity index (χ3n) is 2.53. The van der Waals surface area contributed by atoms with Gasteiger partial charge in [-0.05, 0) is 39.0 Å². The molecule has 0 saturated heterocycles. The van der Waals surface area contributed by atoms with Gasteiger partial charge in [0.25, 0.3) is 0 Å². The summed E-state index contributed by atoms with van der Waals surface area (Å²) < 4.78 is 5.67. The fourth-order valence-corrected chi connectivity index (χ4v) is 1.61. The van der Waals surface area contributed by atoms with Gasteiger partial charge >= 0.3 is 0 Å². The maximum atomic E-state index is 9.27. The molecule has 1 fully saturated rings. The van der Waals surface area contributed by atoms with Crippen molar-refractivity contribution in [2.75, 3.05) is 6.61 Å². The summed E-state index contributed by atoms with van der Waals surface area (Å²) in [6, 6.07) is 0. The van der Waals surface area contributed by atoms with Crippen molar-refractivity contribution in [2.45, 2.75) is 51.2 Å². The van der Waals surface area contributed by atoms with Gasteiger partial charge in [0.15, 0.2) is 0 Å². The van der Waals surface area contributed by atoms with Gasteiger partial charge in [-0.2, -0.15) is 0 Å². The highest BCUT2D eigenvalue weighted by atomic mass is 16.5. The van der Waals surface area contributed by atoms with Crippen molar-refractivity contribution in [1.82, 2.24) is 0 Å². The molecular formula is C11H20O2. The molecule has 13 heavy (non-hydrogen) atoms. The largest absolute Gasteiger partial charge is 0.393 e. The lowest BCUT2D eigenvalue weighted by atomic mass is 9.95. The number of rotatable bonds is 4. The molecular weight excluding hydrogens is 164 g/mol. The third kappa shape index (κ3) is 4.44. The summed E-state index contributed by atoms with van der Waals surface area (Å²) in [5.74, 6) is 0. The Morgan fingerprint density at radius 3 is 2.54 bits per heavy atom. The summed E-state index contributed by atoms with van der Waals surface area (Å²) in [6.45, 7) is 6.64. The molecule has 1 aliphatic rings. The number of aliphatic hydroxyl groups excluding tert-OH is 1. The third-order valence-corrected chi connectivity index (χ3v) is 2.53. The minimum Gasteiger partial charge on any atom is -0.393 e. The van der Waals surface area contributed by atoms with Crippen LogP contribution in [0.25, 0.3) is 0 Å². The number of hydrogen-bond acceptors (Lipinski definition) is 2. The summed E-state index contributed by atoms with van der Waals surface area (Å²) in [7, 11) is 0. The molecule has 0 unspecified atom stereocenters. The first-order valence-corrected chi connectivity index (χ1v) is 5.12. The van der Waals surface area contributed by atoms with Crippen LogP contribution in [0.15, 0.2) is 12.2 Å². The van der Waals surface area contributed by atoms with Gasteiger partial charge in [-0.1, -0.05) is 5.57 Å². The first-order valence-electron chi connectivity index (χ1n) is 5.12. The molecule has 0 radical (unpaired) electrons. The minimum absolute atomic E-state index is 0.0824. The van der Waals surface area contributed by atoms with Crippen LogP contribution in [-0.2, 0) is 4.74 Å². The van der Waals surface area contributed by atoms with E-state index in [1.807, 2.05) is 6.92 Å². The van der Waals surface area contributed by atoms with E-state index in [0.717, 1.165) is 38.7 Å². The van der Waals surface area contributed by atoms with Crippen molar-refractivity contribution >= 4 is 0 Å². The normalized spacial score (nSPS) is 28.8. The second kappa shape index (κ2) is 5.40. The molecule has 0 amide bonds. The van der Waals surface area contributed by atoms with E-state index in [-0.39, 0.29) is 6.10 Å². The lowest BCUT2D eigenvalue weighted by Crippen LogP contribution is -2.24. The number of hydrogen-bond donors (Lipinski definition) is 1. The first kappa shape index (κ1) is 10.7. The molecule has 2 nitrogen and oxygen atoms in total. The van der Waals surface area contributed by atoms with Crippen LogP contribution in [0.2, 0.25) is 0 Å². The van der Waals surface area contributed by atoms with Gasteiger partial charge in [0, 0.05) is 0 Å². The highest BCUT2D eigenvalue weighted by molar-refractivity contribution is 4.87. The molecule has 0 aromatic heterocycles. The van der Waals surface area contributed by atoms with Gasteiger partial charge in [-0.3, -0.25) is 0 Å². The molecule has 76 valence electrons. The van der Waals surface area contributed by atoms with Gasteiger partial charge in [0.2, 0.25) is 0 Å². The van der Waals surface area contributed by atoms with Gasteiger partial charge in [-0.25, -0.2) is 0 Å². The van der Waals surface area contributed by atoms with Crippen molar-refractivity contribution in [3.63, 3.8) is 0 Å². The predicted molar refractivity (Wildman–Crippen MR) is 53.6 cm³/mol. The van der Waals surface area contributed by atoms with Gasteiger partial charge in [-0.15, -0.1) is 6.58 Å². The van der Waals surface area contributed by atoms with Crippen molar-refractivity contribution in [3.8, 4) is 0 Å². The average Bonchev–Trinajstić information content (AvgIpc) is 2.08. The summed E-state index contributed by atoms with van der Waals surface area (Å²) in [6.07, 6.45) is 5.08. The van der Waals surface area contributed by atoms with Crippen LogP contribution in [-0.4, -0.2) is 23.9 Å². The second-order valence-corrected chi connectivity index (χ2v) is 4.01. The molecule has 2 heteroatoms. The van der Waals surface area contributed by atoms with Crippen LogP contribution in [0.1, 0.15) is 39.0 Å². The van der Waals surface area contributed by atoms with Crippen LogP contribution in [0.5, 0.6) is 0 Å².